The maximum absolute atomic E-state index is 12.4. The second-order valence-corrected chi connectivity index (χ2v) is 5.99. The number of carbonyl (C=O) groups excluding carboxylic acids is 1. The number of nitro groups is 1. The molecule has 0 saturated heterocycles. The molecule has 0 rings (SSSR count). The molecule has 0 spiro atoms. The quantitative estimate of drug-likeness (QED) is 0.275. The van der Waals surface area contributed by atoms with Crippen LogP contribution in [0, 0.1) is 10.1 Å². The zero-order chi connectivity index (χ0) is 13.5. The number of hydrogen-bond acceptors (Lipinski definition) is 6. The van der Waals surface area contributed by atoms with Crippen LogP contribution in [0.2, 0.25) is 0 Å². The van der Waals surface area contributed by atoms with Crippen molar-refractivity contribution < 1.29 is 23.3 Å². The van der Waals surface area contributed by atoms with Gasteiger partial charge in [-0.25, -0.2) is 0 Å². The maximum atomic E-state index is 12.4. The molecule has 0 saturated carbocycles. The summed E-state index contributed by atoms with van der Waals surface area (Å²) in [6.45, 7) is 4.42. The van der Waals surface area contributed by atoms with Crippen LogP contribution in [0.15, 0.2) is 0 Å². The molecule has 0 amide bonds. The Bertz CT molecular complexity index is 311. The molecule has 7 nitrogen and oxygen atoms in total. The van der Waals surface area contributed by atoms with Gasteiger partial charge in [-0.1, -0.05) is 0 Å². The second kappa shape index (κ2) is 6.83. The van der Waals surface area contributed by atoms with Crippen molar-refractivity contribution >= 4 is 13.9 Å². The first-order chi connectivity index (χ1) is 7.88. The van der Waals surface area contributed by atoms with Crippen LogP contribution in [-0.2, 0) is 18.4 Å². The van der Waals surface area contributed by atoms with Gasteiger partial charge in [0.2, 0.25) is 0 Å². The molecule has 0 aromatic heterocycles. The Hall–Kier alpha value is -0.780. The van der Waals surface area contributed by atoms with Crippen molar-refractivity contribution in [3.05, 3.63) is 10.1 Å². The molecule has 0 heterocycles. The van der Waals surface area contributed by atoms with Crippen molar-refractivity contribution in [1.29, 1.82) is 0 Å². The third-order valence-corrected chi connectivity index (χ3v) is 5.08. The monoisotopic (exact) mass is 267 g/mol. The van der Waals surface area contributed by atoms with Gasteiger partial charge in [0.05, 0.1) is 13.2 Å². The summed E-state index contributed by atoms with van der Waals surface area (Å²) in [7, 11) is -3.89. The van der Waals surface area contributed by atoms with Gasteiger partial charge < -0.3 is 13.8 Å². The van der Waals surface area contributed by atoms with Crippen LogP contribution in [0.4, 0.5) is 0 Å². The van der Waals surface area contributed by atoms with Crippen LogP contribution in [0.25, 0.3) is 0 Å². The van der Waals surface area contributed by atoms with Gasteiger partial charge in [-0.15, -0.1) is 0 Å². The van der Waals surface area contributed by atoms with E-state index in [2.05, 4.69) is 0 Å². The summed E-state index contributed by atoms with van der Waals surface area (Å²) in [6, 6.07) is 0. The molecular weight excluding hydrogens is 249 g/mol. The van der Waals surface area contributed by atoms with Crippen molar-refractivity contribution in [3.63, 3.8) is 0 Å². The highest BCUT2D eigenvalue weighted by atomic mass is 31.2. The summed E-state index contributed by atoms with van der Waals surface area (Å²) in [5.74, 6) is 0. The van der Waals surface area contributed by atoms with Crippen LogP contribution in [-0.4, -0.2) is 29.7 Å². The SMILES string of the molecule is CCOP(=O)(OCC)C(C)(CCC=O)[N+](=O)[O-]. The van der Waals surface area contributed by atoms with E-state index < -0.39 is 17.8 Å². The summed E-state index contributed by atoms with van der Waals surface area (Å²) in [4.78, 5) is 20.7. The Morgan fingerprint density at radius 3 is 2.12 bits per heavy atom. The average molecular weight is 267 g/mol. The van der Waals surface area contributed by atoms with E-state index in [0.29, 0.717) is 6.29 Å². The minimum absolute atomic E-state index is 0.0434. The molecule has 0 aromatic rings. The summed E-state index contributed by atoms with van der Waals surface area (Å²) in [6.07, 6.45) is 0.298. The molecule has 17 heavy (non-hydrogen) atoms. The first-order valence-electron chi connectivity index (χ1n) is 5.35. The molecular formula is C9H18NO6P. The Morgan fingerprint density at radius 1 is 1.35 bits per heavy atom. The Morgan fingerprint density at radius 2 is 1.82 bits per heavy atom. The van der Waals surface area contributed by atoms with Crippen molar-refractivity contribution in [2.75, 3.05) is 13.2 Å². The van der Waals surface area contributed by atoms with E-state index in [1.165, 1.54) is 6.92 Å². The van der Waals surface area contributed by atoms with E-state index in [9.17, 15) is 19.5 Å². The van der Waals surface area contributed by atoms with Gasteiger partial charge >= 0.3 is 12.9 Å². The lowest BCUT2D eigenvalue weighted by Gasteiger charge is -2.28. The van der Waals surface area contributed by atoms with Crippen molar-refractivity contribution in [3.8, 4) is 0 Å². The molecule has 0 aliphatic heterocycles. The highest BCUT2D eigenvalue weighted by Gasteiger charge is 2.57. The Labute approximate surface area is 100 Å². The van der Waals surface area contributed by atoms with Gasteiger partial charge in [0.15, 0.2) is 0 Å². The molecule has 100 valence electrons. The van der Waals surface area contributed by atoms with E-state index >= 15 is 0 Å². The van der Waals surface area contributed by atoms with Gasteiger partial charge in [0.25, 0.3) is 0 Å². The van der Waals surface area contributed by atoms with Crippen LogP contribution >= 0.6 is 7.60 Å². The fourth-order valence-electron chi connectivity index (χ4n) is 1.32. The van der Waals surface area contributed by atoms with E-state index in [1.807, 2.05) is 0 Å². The molecule has 0 aromatic carbocycles. The van der Waals surface area contributed by atoms with E-state index in [1.54, 1.807) is 13.8 Å². The fraction of sp³-hybridized carbons (Fsp3) is 0.889. The number of hydrogen-bond donors (Lipinski definition) is 0. The zero-order valence-electron chi connectivity index (χ0n) is 10.2. The number of nitrogens with zero attached hydrogens (tertiary/aromatic N) is 1. The normalized spacial score (nSPS) is 15.2. The van der Waals surface area contributed by atoms with E-state index in [4.69, 9.17) is 9.05 Å². The van der Waals surface area contributed by atoms with E-state index in [0.717, 1.165) is 0 Å². The third-order valence-electron chi connectivity index (χ3n) is 2.32. The van der Waals surface area contributed by atoms with Crippen molar-refractivity contribution in [1.82, 2.24) is 0 Å². The van der Waals surface area contributed by atoms with Gasteiger partial charge in [0.1, 0.15) is 6.29 Å². The smallest absolute Gasteiger partial charge is 0.304 e. The first-order valence-corrected chi connectivity index (χ1v) is 6.89. The minimum atomic E-state index is -3.89. The lowest BCUT2D eigenvalue weighted by molar-refractivity contribution is -0.541. The van der Waals surface area contributed by atoms with Gasteiger partial charge in [0, 0.05) is 24.7 Å². The summed E-state index contributed by atoms with van der Waals surface area (Å²) < 4.78 is 22.3. The van der Waals surface area contributed by atoms with Crippen LogP contribution in [0.5, 0.6) is 0 Å². The summed E-state index contributed by atoms with van der Waals surface area (Å²) in [5, 5.41) is 9.19. The predicted octanol–water partition coefficient (Wildman–Crippen LogP) is 2.22. The third kappa shape index (κ3) is 3.59. The highest BCUT2D eigenvalue weighted by Crippen LogP contribution is 2.61. The molecule has 0 radical (unpaired) electrons. The standard InChI is InChI=1S/C9H18NO6P/c1-4-15-17(14,16-5-2)9(3,10(12)13)7-6-8-11/h8H,4-7H2,1-3H3. The average Bonchev–Trinajstić information content (AvgIpc) is 2.26. The lowest BCUT2D eigenvalue weighted by atomic mass is 10.2. The Balaban J connectivity index is 5.28. The van der Waals surface area contributed by atoms with Crippen molar-refractivity contribution in [2.24, 2.45) is 0 Å². The number of carbonyl (C=O) groups is 1. The van der Waals surface area contributed by atoms with E-state index in [-0.39, 0.29) is 26.1 Å². The molecule has 0 bridgehead atoms. The summed E-state index contributed by atoms with van der Waals surface area (Å²) in [5.41, 5.74) is 0. The molecule has 1 atom stereocenters. The van der Waals surface area contributed by atoms with Crippen LogP contribution < -0.4 is 0 Å². The number of rotatable bonds is 9. The maximum Gasteiger partial charge on any atom is 0.406 e. The summed E-state index contributed by atoms with van der Waals surface area (Å²) >= 11 is 0. The Kier molecular flexibility index (Phi) is 6.52. The lowest BCUT2D eigenvalue weighted by Crippen LogP contribution is -2.36. The minimum Gasteiger partial charge on any atom is -0.304 e. The van der Waals surface area contributed by atoms with Crippen LogP contribution in [0.1, 0.15) is 33.6 Å². The topological polar surface area (TPSA) is 95.7 Å². The molecule has 1 unspecified atom stereocenters. The fourth-order valence-corrected chi connectivity index (χ4v) is 3.23. The molecule has 0 aliphatic carbocycles. The number of aldehydes is 1. The zero-order valence-corrected chi connectivity index (χ0v) is 11.1. The van der Waals surface area contributed by atoms with Crippen LogP contribution in [0.3, 0.4) is 0 Å². The highest BCUT2D eigenvalue weighted by molar-refractivity contribution is 7.55. The molecule has 0 N–H and O–H groups in total. The van der Waals surface area contributed by atoms with Gasteiger partial charge in [-0.2, -0.15) is 0 Å². The van der Waals surface area contributed by atoms with Gasteiger partial charge in [-0.3, -0.25) is 14.7 Å². The first kappa shape index (κ1) is 16.2. The molecule has 8 heteroatoms. The van der Waals surface area contributed by atoms with Crippen molar-refractivity contribution in [2.45, 2.75) is 38.9 Å². The second-order valence-electron chi connectivity index (χ2n) is 3.51. The predicted molar refractivity (Wildman–Crippen MR) is 61.6 cm³/mol. The van der Waals surface area contributed by atoms with Gasteiger partial charge in [-0.05, 0) is 13.8 Å². The largest absolute Gasteiger partial charge is 0.406 e. The molecule has 0 aliphatic rings. The molecule has 0 fully saturated rings.